The molecule has 0 bridgehead atoms. The van der Waals surface area contributed by atoms with E-state index in [-0.39, 0.29) is 16.6 Å². The average molecular weight is 425 g/mol. The normalized spacial score (nSPS) is 14.1. The zero-order chi connectivity index (χ0) is 20.9. The molecule has 5 rings (SSSR count). The fraction of sp³-hybridized carbons (Fsp3) is 0.211. The predicted octanol–water partition coefficient (Wildman–Crippen LogP) is 1.55. The number of hydrogen-bond donors (Lipinski definition) is 2. The van der Waals surface area contributed by atoms with Gasteiger partial charge in [-0.2, -0.15) is 10.2 Å². The number of hydrogen-bond acceptors (Lipinski definition) is 5. The van der Waals surface area contributed by atoms with E-state index in [9.17, 15) is 13.2 Å². The molecule has 2 N–H and O–H groups in total. The van der Waals surface area contributed by atoms with Crippen LogP contribution in [0, 0.1) is 0 Å². The number of fused-ring (bicyclic) bond motifs is 2. The van der Waals surface area contributed by atoms with Gasteiger partial charge in [-0.05, 0) is 12.1 Å². The first-order valence-corrected chi connectivity index (χ1v) is 10.8. The molecule has 0 saturated heterocycles. The maximum absolute atomic E-state index is 12.9. The van der Waals surface area contributed by atoms with Gasteiger partial charge in [0, 0.05) is 36.8 Å². The zero-order valence-electron chi connectivity index (χ0n) is 16.1. The van der Waals surface area contributed by atoms with E-state index < -0.39 is 10.0 Å². The van der Waals surface area contributed by atoms with Crippen molar-refractivity contribution in [2.75, 3.05) is 11.3 Å². The van der Waals surface area contributed by atoms with Crippen molar-refractivity contribution in [2.45, 2.75) is 18.0 Å². The number of rotatable bonds is 4. The van der Waals surface area contributed by atoms with Crippen molar-refractivity contribution in [2.24, 2.45) is 7.05 Å². The number of para-hydroxylation sites is 1. The minimum absolute atomic E-state index is 0.0617. The third-order valence-corrected chi connectivity index (χ3v) is 6.39. The highest BCUT2D eigenvalue weighted by Crippen LogP contribution is 2.22. The number of H-pyrrole nitrogens is 1. The molecule has 11 heteroatoms. The number of nitrogens with one attached hydrogen (secondary N) is 2. The van der Waals surface area contributed by atoms with Gasteiger partial charge < -0.3 is 9.88 Å². The molecular formula is C19H19N7O3S. The van der Waals surface area contributed by atoms with Crippen LogP contribution in [0.15, 0.2) is 53.7 Å². The summed E-state index contributed by atoms with van der Waals surface area (Å²) in [6, 6.07) is 11.2. The van der Waals surface area contributed by atoms with Gasteiger partial charge in [0.2, 0.25) is 0 Å². The number of carbonyl (C=O) groups is 1. The van der Waals surface area contributed by atoms with Crippen molar-refractivity contribution in [3.63, 3.8) is 0 Å². The van der Waals surface area contributed by atoms with E-state index in [1.165, 1.54) is 17.1 Å². The Morgan fingerprint density at radius 2 is 2.03 bits per heavy atom. The van der Waals surface area contributed by atoms with Crippen molar-refractivity contribution in [3.05, 3.63) is 60.2 Å². The summed E-state index contributed by atoms with van der Waals surface area (Å²) in [7, 11) is -2.13. The van der Waals surface area contributed by atoms with Gasteiger partial charge in [-0.15, -0.1) is 0 Å². The minimum atomic E-state index is -3.77. The lowest BCUT2D eigenvalue weighted by atomic mass is 10.2. The Hall–Kier alpha value is -3.60. The van der Waals surface area contributed by atoms with Crippen molar-refractivity contribution in [1.29, 1.82) is 0 Å². The summed E-state index contributed by atoms with van der Waals surface area (Å²) in [4.78, 5) is 17.9. The van der Waals surface area contributed by atoms with Crippen molar-refractivity contribution in [1.82, 2.24) is 29.4 Å². The van der Waals surface area contributed by atoms with Gasteiger partial charge in [0.05, 0.1) is 25.0 Å². The van der Waals surface area contributed by atoms with E-state index in [1.807, 2.05) is 30.3 Å². The van der Waals surface area contributed by atoms with E-state index in [1.54, 1.807) is 22.7 Å². The van der Waals surface area contributed by atoms with Crippen LogP contribution in [0.2, 0.25) is 0 Å². The van der Waals surface area contributed by atoms with Gasteiger partial charge >= 0.3 is 0 Å². The van der Waals surface area contributed by atoms with Crippen molar-refractivity contribution < 1.29 is 13.2 Å². The lowest BCUT2D eigenvalue weighted by Gasteiger charge is -2.27. The number of nitrogens with zero attached hydrogens (tertiary/aromatic N) is 5. The highest BCUT2D eigenvalue weighted by Gasteiger charge is 2.26. The largest absolute Gasteiger partial charge is 0.351 e. The first kappa shape index (κ1) is 18.4. The Labute approximate surface area is 172 Å². The molecule has 10 nitrogen and oxygen atoms in total. The maximum Gasteiger partial charge on any atom is 0.270 e. The van der Waals surface area contributed by atoms with E-state index >= 15 is 0 Å². The summed E-state index contributed by atoms with van der Waals surface area (Å²) >= 11 is 0. The summed E-state index contributed by atoms with van der Waals surface area (Å²) in [5.41, 5.74) is 2.20. The number of aromatic nitrogens is 5. The van der Waals surface area contributed by atoms with Crippen molar-refractivity contribution >= 4 is 32.7 Å². The maximum atomic E-state index is 12.9. The van der Waals surface area contributed by atoms with E-state index in [4.69, 9.17) is 0 Å². The number of amides is 1. The standard InChI is InChI=1S/C19H19N7O3S/c1-24-12-15(10-20-24)30(28,29)23-18-9-14-11-25(6-7-26(14)22-18)19(27)17-8-13-4-2-3-5-16(13)21-17/h2-5,8-10,12,21H,6-7,11H2,1H3,(H,22,23). The van der Waals surface area contributed by atoms with Crippen LogP contribution in [-0.2, 0) is 30.2 Å². The average Bonchev–Trinajstić information content (AvgIpc) is 3.43. The summed E-state index contributed by atoms with van der Waals surface area (Å²) in [6.45, 7) is 1.31. The lowest BCUT2D eigenvalue weighted by molar-refractivity contribution is 0.0701. The quantitative estimate of drug-likeness (QED) is 0.514. The van der Waals surface area contributed by atoms with Gasteiger partial charge in [0.1, 0.15) is 10.6 Å². The third kappa shape index (κ3) is 3.22. The molecule has 30 heavy (non-hydrogen) atoms. The third-order valence-electron chi connectivity index (χ3n) is 5.08. The Kier molecular flexibility index (Phi) is 4.13. The van der Waals surface area contributed by atoms with E-state index in [2.05, 4.69) is 19.9 Å². The number of benzene rings is 1. The Morgan fingerprint density at radius 1 is 1.20 bits per heavy atom. The number of aryl methyl sites for hydroxylation is 1. The molecule has 0 aliphatic carbocycles. The summed E-state index contributed by atoms with van der Waals surface area (Å²) in [6.07, 6.45) is 2.69. The molecule has 0 atom stereocenters. The molecule has 3 aromatic heterocycles. The Balaban J connectivity index is 1.34. The molecule has 154 valence electrons. The second-order valence-electron chi connectivity index (χ2n) is 7.20. The summed E-state index contributed by atoms with van der Waals surface area (Å²) in [5, 5.41) is 9.19. The van der Waals surface area contributed by atoms with Crippen LogP contribution in [0.25, 0.3) is 10.9 Å². The van der Waals surface area contributed by atoms with Crippen LogP contribution in [0.1, 0.15) is 16.2 Å². The number of carbonyl (C=O) groups excluding carboxylic acids is 1. The second kappa shape index (κ2) is 6.73. The number of sulfonamides is 1. The molecule has 0 radical (unpaired) electrons. The molecule has 1 amide bonds. The first-order valence-electron chi connectivity index (χ1n) is 9.34. The molecule has 0 fully saturated rings. The SMILES string of the molecule is Cn1cc(S(=O)(=O)Nc2cc3n(n2)CCN(C(=O)c2cc4ccccc4[nH]2)C3)cn1. The molecule has 4 aromatic rings. The molecule has 0 unspecified atom stereocenters. The first-order chi connectivity index (χ1) is 14.4. The van der Waals surface area contributed by atoms with Crippen LogP contribution in [0.3, 0.4) is 0 Å². The Morgan fingerprint density at radius 3 is 2.80 bits per heavy atom. The van der Waals surface area contributed by atoms with E-state index in [0.717, 1.165) is 16.6 Å². The van der Waals surface area contributed by atoms with Gasteiger partial charge in [0.15, 0.2) is 5.82 Å². The van der Waals surface area contributed by atoms with Gasteiger partial charge in [-0.3, -0.25) is 18.9 Å². The number of anilines is 1. The molecule has 1 aromatic carbocycles. The van der Waals surface area contributed by atoms with Crippen LogP contribution in [0.4, 0.5) is 5.82 Å². The van der Waals surface area contributed by atoms with E-state index in [0.29, 0.717) is 25.3 Å². The highest BCUT2D eigenvalue weighted by molar-refractivity contribution is 7.92. The Bertz CT molecular complexity index is 1330. The lowest BCUT2D eigenvalue weighted by Crippen LogP contribution is -2.38. The molecule has 1 aliphatic rings. The molecule has 1 aliphatic heterocycles. The smallest absolute Gasteiger partial charge is 0.270 e. The zero-order valence-corrected chi connectivity index (χ0v) is 16.9. The topological polar surface area (TPSA) is 118 Å². The molecule has 0 spiro atoms. The van der Waals surface area contributed by atoms with Crippen LogP contribution in [-0.4, -0.2) is 50.3 Å². The van der Waals surface area contributed by atoms with Crippen LogP contribution in [0.5, 0.6) is 0 Å². The predicted molar refractivity (Wildman–Crippen MR) is 109 cm³/mol. The fourth-order valence-electron chi connectivity index (χ4n) is 3.58. The van der Waals surface area contributed by atoms with Gasteiger partial charge in [0.25, 0.3) is 15.9 Å². The van der Waals surface area contributed by atoms with Crippen molar-refractivity contribution in [3.8, 4) is 0 Å². The molecular weight excluding hydrogens is 406 g/mol. The highest BCUT2D eigenvalue weighted by atomic mass is 32.2. The van der Waals surface area contributed by atoms with Crippen LogP contribution < -0.4 is 4.72 Å². The molecule has 4 heterocycles. The summed E-state index contributed by atoms with van der Waals surface area (Å²) in [5.74, 6) is 0.116. The summed E-state index contributed by atoms with van der Waals surface area (Å²) < 4.78 is 30.6. The van der Waals surface area contributed by atoms with Crippen LogP contribution >= 0.6 is 0 Å². The van der Waals surface area contributed by atoms with Gasteiger partial charge in [-0.1, -0.05) is 18.2 Å². The monoisotopic (exact) mass is 425 g/mol. The number of aromatic amines is 1. The van der Waals surface area contributed by atoms with Gasteiger partial charge in [-0.25, -0.2) is 8.42 Å². The fourth-order valence-corrected chi connectivity index (χ4v) is 4.55. The molecule has 0 saturated carbocycles. The minimum Gasteiger partial charge on any atom is -0.351 e. The second-order valence-corrected chi connectivity index (χ2v) is 8.88.